The Morgan fingerprint density at radius 3 is 2.80 bits per heavy atom. The van der Waals surface area contributed by atoms with Crippen LogP contribution in [0.3, 0.4) is 0 Å². The van der Waals surface area contributed by atoms with Crippen LogP contribution >= 0.6 is 0 Å². The van der Waals surface area contributed by atoms with Crippen molar-refractivity contribution in [2.75, 3.05) is 0 Å². The molecule has 0 atom stereocenters. The molecule has 0 spiro atoms. The van der Waals surface area contributed by atoms with E-state index < -0.39 is 4.92 Å². The van der Waals surface area contributed by atoms with Crippen LogP contribution in [0.2, 0.25) is 0 Å². The summed E-state index contributed by atoms with van der Waals surface area (Å²) in [5.74, 6) is -0.368. The SMILES string of the molecule is Cc1ccc2[nH]c(C(=O)N/N=C\c3cccc([N+](=O)[O-])c3)c(C)c2c1. The molecular weight excluding hydrogens is 320 g/mol. The molecule has 0 fully saturated rings. The summed E-state index contributed by atoms with van der Waals surface area (Å²) in [7, 11) is 0. The molecule has 0 unspecified atom stereocenters. The van der Waals surface area contributed by atoms with E-state index in [-0.39, 0.29) is 11.6 Å². The highest BCUT2D eigenvalue weighted by molar-refractivity contribution is 6.01. The van der Waals surface area contributed by atoms with E-state index in [1.807, 2.05) is 32.0 Å². The van der Waals surface area contributed by atoms with Crippen LogP contribution in [0, 0.1) is 24.0 Å². The zero-order chi connectivity index (χ0) is 18.0. The van der Waals surface area contributed by atoms with E-state index in [1.165, 1.54) is 18.3 Å². The Morgan fingerprint density at radius 2 is 2.04 bits per heavy atom. The summed E-state index contributed by atoms with van der Waals surface area (Å²) in [4.78, 5) is 25.7. The molecule has 0 saturated carbocycles. The highest BCUT2D eigenvalue weighted by atomic mass is 16.6. The van der Waals surface area contributed by atoms with Gasteiger partial charge in [0.2, 0.25) is 0 Å². The monoisotopic (exact) mass is 336 g/mol. The number of aromatic amines is 1. The van der Waals surface area contributed by atoms with E-state index in [0.717, 1.165) is 22.0 Å². The third-order valence-electron chi connectivity index (χ3n) is 3.90. The van der Waals surface area contributed by atoms with E-state index in [2.05, 4.69) is 15.5 Å². The summed E-state index contributed by atoms with van der Waals surface area (Å²) >= 11 is 0. The van der Waals surface area contributed by atoms with Gasteiger partial charge in [0.15, 0.2) is 0 Å². The smallest absolute Gasteiger partial charge is 0.288 e. The Labute approximate surface area is 143 Å². The number of hydrogen-bond donors (Lipinski definition) is 2. The zero-order valence-electron chi connectivity index (χ0n) is 13.7. The molecule has 3 aromatic rings. The average Bonchev–Trinajstić information content (AvgIpc) is 2.91. The molecule has 1 aromatic heterocycles. The summed E-state index contributed by atoms with van der Waals surface area (Å²) in [6, 6.07) is 11.9. The second-order valence-corrected chi connectivity index (χ2v) is 5.73. The van der Waals surface area contributed by atoms with Gasteiger partial charge < -0.3 is 4.98 Å². The maximum absolute atomic E-state index is 12.3. The quantitative estimate of drug-likeness (QED) is 0.433. The molecule has 3 rings (SSSR count). The number of hydrogen-bond acceptors (Lipinski definition) is 4. The Morgan fingerprint density at radius 1 is 1.24 bits per heavy atom. The van der Waals surface area contributed by atoms with Crippen LogP contribution in [0.25, 0.3) is 10.9 Å². The fourth-order valence-electron chi connectivity index (χ4n) is 2.61. The van der Waals surface area contributed by atoms with Crippen molar-refractivity contribution >= 4 is 28.7 Å². The predicted molar refractivity (Wildman–Crippen MR) is 95.9 cm³/mol. The molecule has 0 aliphatic carbocycles. The Hall–Kier alpha value is -3.48. The van der Waals surface area contributed by atoms with Crippen LogP contribution in [0.1, 0.15) is 27.2 Å². The van der Waals surface area contributed by atoms with Gasteiger partial charge >= 0.3 is 0 Å². The number of amides is 1. The van der Waals surface area contributed by atoms with Crippen molar-refractivity contribution in [1.29, 1.82) is 0 Å². The van der Waals surface area contributed by atoms with Gasteiger partial charge in [-0.15, -0.1) is 0 Å². The number of aryl methyl sites for hydroxylation is 2. The van der Waals surface area contributed by atoms with Gasteiger partial charge in [-0.25, -0.2) is 5.43 Å². The minimum atomic E-state index is -0.480. The number of nitrogens with zero attached hydrogens (tertiary/aromatic N) is 2. The lowest BCUT2D eigenvalue weighted by molar-refractivity contribution is -0.384. The highest BCUT2D eigenvalue weighted by Crippen LogP contribution is 2.22. The molecule has 0 saturated heterocycles. The molecule has 7 heteroatoms. The third-order valence-corrected chi connectivity index (χ3v) is 3.90. The fraction of sp³-hybridized carbons (Fsp3) is 0.111. The van der Waals surface area contributed by atoms with Crippen molar-refractivity contribution in [3.05, 3.63) is 75.0 Å². The lowest BCUT2D eigenvalue weighted by atomic mass is 10.1. The summed E-state index contributed by atoms with van der Waals surface area (Å²) in [5.41, 5.74) is 6.23. The Kier molecular flexibility index (Phi) is 4.30. The molecule has 7 nitrogen and oxygen atoms in total. The summed E-state index contributed by atoms with van der Waals surface area (Å²) in [6.07, 6.45) is 1.37. The van der Waals surface area contributed by atoms with Crippen molar-refractivity contribution in [2.24, 2.45) is 5.10 Å². The molecule has 1 heterocycles. The third kappa shape index (κ3) is 3.40. The molecule has 2 N–H and O–H groups in total. The van der Waals surface area contributed by atoms with Crippen LogP contribution in [0.4, 0.5) is 5.69 Å². The number of fused-ring (bicyclic) bond motifs is 1. The first-order chi connectivity index (χ1) is 12.0. The number of non-ortho nitro benzene ring substituents is 1. The molecule has 1 amide bonds. The molecule has 0 aliphatic rings. The van der Waals surface area contributed by atoms with Gasteiger partial charge in [0.25, 0.3) is 11.6 Å². The van der Waals surface area contributed by atoms with Crippen molar-refractivity contribution < 1.29 is 9.72 Å². The number of hydrazone groups is 1. The number of rotatable bonds is 4. The van der Waals surface area contributed by atoms with Gasteiger partial charge in [-0.2, -0.15) is 5.10 Å². The van der Waals surface area contributed by atoms with E-state index >= 15 is 0 Å². The van der Waals surface area contributed by atoms with E-state index in [9.17, 15) is 14.9 Å². The average molecular weight is 336 g/mol. The molecule has 0 bridgehead atoms. The Bertz CT molecular complexity index is 1000. The molecule has 25 heavy (non-hydrogen) atoms. The molecule has 2 aromatic carbocycles. The van der Waals surface area contributed by atoms with Gasteiger partial charge in [-0.3, -0.25) is 14.9 Å². The lowest BCUT2D eigenvalue weighted by Crippen LogP contribution is -2.18. The number of benzene rings is 2. The van der Waals surface area contributed by atoms with Crippen LogP contribution in [0.15, 0.2) is 47.6 Å². The van der Waals surface area contributed by atoms with Crippen molar-refractivity contribution in [3.8, 4) is 0 Å². The van der Waals surface area contributed by atoms with Gasteiger partial charge in [0.1, 0.15) is 5.69 Å². The Balaban J connectivity index is 1.78. The molecule has 0 aliphatic heterocycles. The highest BCUT2D eigenvalue weighted by Gasteiger charge is 2.14. The van der Waals surface area contributed by atoms with Crippen molar-refractivity contribution in [2.45, 2.75) is 13.8 Å². The first-order valence-electron chi connectivity index (χ1n) is 7.62. The lowest BCUT2D eigenvalue weighted by Gasteiger charge is -1.99. The van der Waals surface area contributed by atoms with Crippen LogP contribution in [0.5, 0.6) is 0 Å². The maximum Gasteiger partial charge on any atom is 0.288 e. The summed E-state index contributed by atoms with van der Waals surface area (Å²) < 4.78 is 0. The number of nitrogens with one attached hydrogen (secondary N) is 2. The normalized spacial score (nSPS) is 11.1. The van der Waals surface area contributed by atoms with E-state index in [4.69, 9.17) is 0 Å². The minimum absolute atomic E-state index is 0.0305. The van der Waals surface area contributed by atoms with Crippen molar-refractivity contribution in [3.63, 3.8) is 0 Å². The van der Waals surface area contributed by atoms with E-state index in [0.29, 0.717) is 11.3 Å². The largest absolute Gasteiger partial charge is 0.350 e. The summed E-state index contributed by atoms with van der Waals surface area (Å²) in [6.45, 7) is 3.87. The topological polar surface area (TPSA) is 100 Å². The second-order valence-electron chi connectivity index (χ2n) is 5.73. The number of nitro benzene ring substituents is 1. The minimum Gasteiger partial charge on any atom is -0.350 e. The first kappa shape index (κ1) is 16.4. The number of carbonyl (C=O) groups is 1. The maximum atomic E-state index is 12.3. The second kappa shape index (κ2) is 6.56. The van der Waals surface area contributed by atoms with Gasteiger partial charge in [0.05, 0.1) is 11.1 Å². The molecule has 0 radical (unpaired) electrons. The number of aromatic nitrogens is 1. The standard InChI is InChI=1S/C18H16N4O3/c1-11-6-7-16-15(8-11)12(2)17(20-16)18(23)21-19-10-13-4-3-5-14(9-13)22(24)25/h3-10,20H,1-2H3,(H,21,23)/b19-10-. The van der Waals surface area contributed by atoms with Crippen LogP contribution in [-0.2, 0) is 0 Å². The predicted octanol–water partition coefficient (Wildman–Crippen LogP) is 3.46. The molecular formula is C18H16N4O3. The summed E-state index contributed by atoms with van der Waals surface area (Å²) in [5, 5.41) is 15.6. The van der Waals surface area contributed by atoms with Crippen molar-refractivity contribution in [1.82, 2.24) is 10.4 Å². The first-order valence-corrected chi connectivity index (χ1v) is 7.62. The fourth-order valence-corrected chi connectivity index (χ4v) is 2.61. The van der Waals surface area contributed by atoms with E-state index in [1.54, 1.807) is 12.1 Å². The number of carbonyl (C=O) groups excluding carboxylic acids is 1. The number of H-pyrrole nitrogens is 1. The van der Waals surface area contributed by atoms with Crippen LogP contribution in [-0.4, -0.2) is 22.0 Å². The van der Waals surface area contributed by atoms with Gasteiger partial charge in [0, 0.05) is 28.6 Å². The zero-order valence-corrected chi connectivity index (χ0v) is 13.7. The van der Waals surface area contributed by atoms with Gasteiger partial charge in [-0.1, -0.05) is 23.8 Å². The van der Waals surface area contributed by atoms with Gasteiger partial charge in [-0.05, 0) is 31.5 Å². The number of nitro groups is 1. The van der Waals surface area contributed by atoms with Crippen LogP contribution < -0.4 is 5.43 Å². The molecule has 126 valence electrons.